The van der Waals surface area contributed by atoms with Gasteiger partial charge < -0.3 is 10.1 Å². The van der Waals surface area contributed by atoms with E-state index in [1.807, 2.05) is 24.3 Å². The Balaban J connectivity index is 1.55. The van der Waals surface area contributed by atoms with Gasteiger partial charge in [0.1, 0.15) is 5.75 Å². The third kappa shape index (κ3) is 4.08. The molecule has 120 valence electrons. The average Bonchev–Trinajstić information content (AvgIpc) is 2.61. The Labute approximate surface area is 141 Å². The minimum absolute atomic E-state index is 0.0903. The predicted octanol–water partition coefficient (Wildman–Crippen LogP) is 3.98. The average molecular weight is 327 g/mol. The zero-order valence-corrected chi connectivity index (χ0v) is 14.1. The van der Waals surface area contributed by atoms with E-state index >= 15 is 0 Å². The summed E-state index contributed by atoms with van der Waals surface area (Å²) in [5.41, 5.74) is 2.65. The van der Waals surface area contributed by atoms with Gasteiger partial charge in [0.05, 0.1) is 18.9 Å². The summed E-state index contributed by atoms with van der Waals surface area (Å²) < 4.78 is 5.14. The van der Waals surface area contributed by atoms with Crippen LogP contribution in [0.5, 0.6) is 5.75 Å². The van der Waals surface area contributed by atoms with Crippen LogP contribution >= 0.6 is 11.8 Å². The molecule has 0 unspecified atom stereocenters. The molecule has 0 bridgehead atoms. The summed E-state index contributed by atoms with van der Waals surface area (Å²) in [7, 11) is 1.65. The zero-order valence-electron chi connectivity index (χ0n) is 13.2. The lowest BCUT2D eigenvalue weighted by Crippen LogP contribution is -2.32. The molecular formula is C19H21NO2S. The van der Waals surface area contributed by atoms with Crippen molar-refractivity contribution in [2.75, 3.05) is 12.9 Å². The number of fused-ring (bicyclic) bond motifs is 1. The van der Waals surface area contributed by atoms with Crippen LogP contribution in [-0.2, 0) is 11.2 Å². The van der Waals surface area contributed by atoms with Crippen LogP contribution < -0.4 is 10.1 Å². The van der Waals surface area contributed by atoms with Gasteiger partial charge in [-0.05, 0) is 54.7 Å². The van der Waals surface area contributed by atoms with E-state index in [1.165, 1.54) is 11.1 Å². The quantitative estimate of drug-likeness (QED) is 0.844. The minimum Gasteiger partial charge on any atom is -0.497 e. The van der Waals surface area contributed by atoms with Gasteiger partial charge in [-0.15, -0.1) is 11.8 Å². The van der Waals surface area contributed by atoms with Crippen LogP contribution in [0.25, 0.3) is 0 Å². The standard InChI is InChI=1S/C19H21NO2S/c1-22-15-9-11-16(12-10-15)23-13-19(21)20-18-8-4-6-14-5-2-3-7-17(14)18/h2-3,5,7,9-12,18H,4,6,8,13H2,1H3,(H,20,21)/t18-/m0/s1. The highest BCUT2D eigenvalue weighted by atomic mass is 32.2. The van der Waals surface area contributed by atoms with Gasteiger partial charge in [-0.1, -0.05) is 24.3 Å². The molecule has 0 fully saturated rings. The highest BCUT2D eigenvalue weighted by molar-refractivity contribution is 8.00. The Morgan fingerprint density at radius 3 is 2.78 bits per heavy atom. The first-order chi connectivity index (χ1) is 11.3. The molecule has 0 saturated carbocycles. The Hall–Kier alpha value is -1.94. The van der Waals surface area contributed by atoms with Crippen molar-refractivity contribution in [1.82, 2.24) is 5.32 Å². The van der Waals surface area contributed by atoms with Crippen molar-refractivity contribution in [1.29, 1.82) is 0 Å². The molecule has 1 N–H and O–H groups in total. The number of hydrogen-bond acceptors (Lipinski definition) is 3. The molecule has 3 rings (SSSR count). The summed E-state index contributed by atoms with van der Waals surface area (Å²) in [4.78, 5) is 13.3. The lowest BCUT2D eigenvalue weighted by molar-refractivity contribution is -0.119. The second-order valence-corrected chi connectivity index (χ2v) is 6.72. The second-order valence-electron chi connectivity index (χ2n) is 5.68. The van der Waals surface area contributed by atoms with Crippen LogP contribution in [0, 0.1) is 0 Å². The summed E-state index contributed by atoms with van der Waals surface area (Å²) in [6.45, 7) is 0. The Bertz CT molecular complexity index is 669. The normalized spacial score (nSPS) is 16.5. The third-order valence-electron chi connectivity index (χ3n) is 4.13. The fourth-order valence-electron chi connectivity index (χ4n) is 2.96. The summed E-state index contributed by atoms with van der Waals surface area (Å²) in [6.07, 6.45) is 3.27. The fraction of sp³-hybridized carbons (Fsp3) is 0.316. The molecule has 0 saturated heterocycles. The highest BCUT2D eigenvalue weighted by Gasteiger charge is 2.21. The molecule has 23 heavy (non-hydrogen) atoms. The molecule has 1 aliphatic carbocycles. The molecular weight excluding hydrogens is 306 g/mol. The monoisotopic (exact) mass is 327 g/mol. The number of carbonyl (C=O) groups is 1. The minimum atomic E-state index is 0.0903. The van der Waals surface area contributed by atoms with E-state index in [1.54, 1.807) is 18.9 Å². The molecule has 0 spiro atoms. The fourth-order valence-corrected chi connectivity index (χ4v) is 3.67. The number of hydrogen-bond donors (Lipinski definition) is 1. The van der Waals surface area contributed by atoms with Crippen molar-refractivity contribution in [2.24, 2.45) is 0 Å². The van der Waals surface area contributed by atoms with Gasteiger partial charge in [0, 0.05) is 4.90 Å². The van der Waals surface area contributed by atoms with Gasteiger partial charge in [0.15, 0.2) is 0 Å². The largest absolute Gasteiger partial charge is 0.497 e. The molecule has 1 aliphatic rings. The number of carbonyl (C=O) groups excluding carboxylic acids is 1. The number of amides is 1. The van der Waals surface area contributed by atoms with Gasteiger partial charge in [0.25, 0.3) is 0 Å². The maximum Gasteiger partial charge on any atom is 0.230 e. The van der Waals surface area contributed by atoms with E-state index in [0.717, 1.165) is 29.9 Å². The number of nitrogens with one attached hydrogen (secondary N) is 1. The molecule has 0 aliphatic heterocycles. The molecule has 4 heteroatoms. The number of ether oxygens (including phenoxy) is 1. The predicted molar refractivity (Wildman–Crippen MR) is 94.0 cm³/mol. The summed E-state index contributed by atoms with van der Waals surface area (Å²) >= 11 is 1.55. The van der Waals surface area contributed by atoms with Crippen molar-refractivity contribution in [3.8, 4) is 5.75 Å². The molecule has 1 amide bonds. The number of methoxy groups -OCH3 is 1. The lowest BCUT2D eigenvalue weighted by atomic mass is 9.88. The summed E-state index contributed by atoms with van der Waals surface area (Å²) in [6, 6.07) is 16.4. The van der Waals surface area contributed by atoms with E-state index in [-0.39, 0.29) is 11.9 Å². The van der Waals surface area contributed by atoms with Crippen molar-refractivity contribution in [3.63, 3.8) is 0 Å². The molecule has 0 aromatic heterocycles. The first-order valence-corrected chi connectivity index (χ1v) is 8.89. The number of rotatable bonds is 5. The van der Waals surface area contributed by atoms with E-state index < -0.39 is 0 Å². The van der Waals surface area contributed by atoms with Crippen molar-refractivity contribution in [3.05, 3.63) is 59.7 Å². The van der Waals surface area contributed by atoms with Gasteiger partial charge in [-0.25, -0.2) is 0 Å². The Kier molecular flexibility index (Phi) is 5.23. The van der Waals surface area contributed by atoms with E-state index in [9.17, 15) is 4.79 Å². The zero-order chi connectivity index (χ0) is 16.1. The molecule has 0 radical (unpaired) electrons. The van der Waals surface area contributed by atoms with Gasteiger partial charge in [-0.3, -0.25) is 4.79 Å². The Morgan fingerprint density at radius 1 is 1.22 bits per heavy atom. The van der Waals surface area contributed by atoms with E-state index in [2.05, 4.69) is 29.6 Å². The van der Waals surface area contributed by atoms with Gasteiger partial charge in [-0.2, -0.15) is 0 Å². The first kappa shape index (κ1) is 15.9. The Morgan fingerprint density at radius 2 is 2.00 bits per heavy atom. The van der Waals surface area contributed by atoms with Crippen LogP contribution in [0.15, 0.2) is 53.4 Å². The highest BCUT2D eigenvalue weighted by Crippen LogP contribution is 2.29. The van der Waals surface area contributed by atoms with Crippen LogP contribution in [0.1, 0.15) is 30.0 Å². The summed E-state index contributed by atoms with van der Waals surface area (Å²) in [5, 5.41) is 3.18. The van der Waals surface area contributed by atoms with E-state index in [4.69, 9.17) is 4.74 Å². The number of benzene rings is 2. The molecule has 0 heterocycles. The molecule has 1 atom stereocenters. The van der Waals surface area contributed by atoms with Crippen LogP contribution in [0.4, 0.5) is 0 Å². The van der Waals surface area contributed by atoms with E-state index in [0.29, 0.717) is 5.75 Å². The van der Waals surface area contributed by atoms with Crippen molar-refractivity contribution < 1.29 is 9.53 Å². The summed E-state index contributed by atoms with van der Waals surface area (Å²) in [5.74, 6) is 1.36. The second kappa shape index (κ2) is 7.55. The van der Waals surface area contributed by atoms with Crippen molar-refractivity contribution in [2.45, 2.75) is 30.2 Å². The molecule has 2 aromatic rings. The maximum absolute atomic E-state index is 12.3. The topological polar surface area (TPSA) is 38.3 Å². The van der Waals surface area contributed by atoms with Crippen LogP contribution in [-0.4, -0.2) is 18.8 Å². The maximum atomic E-state index is 12.3. The van der Waals surface area contributed by atoms with Crippen LogP contribution in [0.2, 0.25) is 0 Å². The van der Waals surface area contributed by atoms with Crippen molar-refractivity contribution >= 4 is 17.7 Å². The molecule has 2 aromatic carbocycles. The van der Waals surface area contributed by atoms with Crippen LogP contribution in [0.3, 0.4) is 0 Å². The van der Waals surface area contributed by atoms with Gasteiger partial charge >= 0.3 is 0 Å². The lowest BCUT2D eigenvalue weighted by Gasteiger charge is -2.26. The molecule has 3 nitrogen and oxygen atoms in total. The number of thioether (sulfide) groups is 1. The third-order valence-corrected chi connectivity index (χ3v) is 5.15. The smallest absolute Gasteiger partial charge is 0.230 e. The first-order valence-electron chi connectivity index (χ1n) is 7.90. The number of aryl methyl sites for hydroxylation is 1. The SMILES string of the molecule is COc1ccc(SCC(=O)N[C@H]2CCCc3ccccc32)cc1. The van der Waals surface area contributed by atoms with Gasteiger partial charge in [0.2, 0.25) is 5.91 Å².